The third kappa shape index (κ3) is 2.05. The van der Waals surface area contributed by atoms with Crippen molar-refractivity contribution in [3.05, 3.63) is 0 Å². The molecular weight excluding hydrogens is 162 g/mol. The van der Waals surface area contributed by atoms with Crippen LogP contribution in [0, 0.1) is 17.8 Å². The fraction of sp³-hybridized carbons (Fsp3) is 1.00. The molecule has 0 aliphatic heterocycles. The van der Waals surface area contributed by atoms with Crippen LogP contribution in [0.5, 0.6) is 0 Å². The van der Waals surface area contributed by atoms with E-state index in [0.717, 1.165) is 24.4 Å². The lowest BCUT2D eigenvalue weighted by atomic mass is 9.84. The Morgan fingerprint density at radius 1 is 1.38 bits per heavy atom. The molecule has 0 amide bonds. The van der Waals surface area contributed by atoms with E-state index in [1.54, 1.807) is 7.11 Å². The van der Waals surface area contributed by atoms with E-state index < -0.39 is 0 Å². The van der Waals surface area contributed by atoms with E-state index >= 15 is 0 Å². The van der Waals surface area contributed by atoms with Gasteiger partial charge >= 0.3 is 0 Å². The topological polar surface area (TPSA) is 35.2 Å². The number of fused-ring (bicyclic) bond motifs is 2. The molecule has 2 fully saturated rings. The Morgan fingerprint density at radius 3 is 2.77 bits per heavy atom. The standard InChI is InChI=1S/C11H21NO/c1-13-7-11(12)6-10-5-8-2-3-9(10)4-8/h8-11H,2-7,12H2,1H3. The molecule has 2 bridgehead atoms. The summed E-state index contributed by atoms with van der Waals surface area (Å²) in [5, 5.41) is 0. The minimum atomic E-state index is 0.273. The van der Waals surface area contributed by atoms with Gasteiger partial charge in [0.15, 0.2) is 0 Å². The lowest BCUT2D eigenvalue weighted by Gasteiger charge is -2.24. The van der Waals surface area contributed by atoms with Crippen molar-refractivity contribution in [1.82, 2.24) is 0 Å². The molecule has 76 valence electrons. The van der Waals surface area contributed by atoms with Crippen LogP contribution in [-0.4, -0.2) is 19.8 Å². The molecule has 0 aromatic heterocycles. The minimum absolute atomic E-state index is 0.273. The number of methoxy groups -OCH3 is 1. The van der Waals surface area contributed by atoms with Gasteiger partial charge in [0.2, 0.25) is 0 Å². The van der Waals surface area contributed by atoms with E-state index in [1.165, 1.54) is 32.1 Å². The van der Waals surface area contributed by atoms with E-state index in [9.17, 15) is 0 Å². The molecule has 2 rings (SSSR count). The Labute approximate surface area is 80.8 Å². The molecule has 2 aliphatic rings. The molecule has 2 nitrogen and oxygen atoms in total. The maximum absolute atomic E-state index is 5.97. The summed E-state index contributed by atoms with van der Waals surface area (Å²) in [7, 11) is 1.74. The third-order valence-corrected chi connectivity index (χ3v) is 3.87. The third-order valence-electron chi connectivity index (χ3n) is 3.87. The normalized spacial score (nSPS) is 39.7. The summed E-state index contributed by atoms with van der Waals surface area (Å²) >= 11 is 0. The Bertz CT molecular complexity index is 171. The average Bonchev–Trinajstić information content (AvgIpc) is 2.65. The molecule has 0 spiro atoms. The molecule has 13 heavy (non-hydrogen) atoms. The van der Waals surface area contributed by atoms with E-state index in [-0.39, 0.29) is 6.04 Å². The molecule has 2 aliphatic carbocycles. The van der Waals surface area contributed by atoms with Crippen molar-refractivity contribution in [2.75, 3.05) is 13.7 Å². The second kappa shape index (κ2) is 3.97. The van der Waals surface area contributed by atoms with Gasteiger partial charge in [0, 0.05) is 13.2 Å². The van der Waals surface area contributed by atoms with Gasteiger partial charge in [-0.25, -0.2) is 0 Å². The van der Waals surface area contributed by atoms with E-state index in [2.05, 4.69) is 0 Å². The molecule has 0 heterocycles. The molecule has 2 heteroatoms. The van der Waals surface area contributed by atoms with Crippen molar-refractivity contribution in [2.24, 2.45) is 23.5 Å². The highest BCUT2D eigenvalue weighted by molar-refractivity contribution is 4.91. The zero-order chi connectivity index (χ0) is 9.26. The summed E-state index contributed by atoms with van der Waals surface area (Å²) in [6.45, 7) is 0.730. The largest absolute Gasteiger partial charge is 0.383 e. The lowest BCUT2D eigenvalue weighted by Crippen LogP contribution is -2.30. The Balaban J connectivity index is 1.76. The summed E-state index contributed by atoms with van der Waals surface area (Å²) in [6, 6.07) is 0.273. The predicted octanol–water partition coefficient (Wildman–Crippen LogP) is 1.79. The molecule has 2 N–H and O–H groups in total. The zero-order valence-corrected chi connectivity index (χ0v) is 8.54. The lowest BCUT2D eigenvalue weighted by molar-refractivity contribution is 0.161. The molecular formula is C11H21NO. The van der Waals surface area contributed by atoms with Crippen LogP contribution in [0.15, 0.2) is 0 Å². The van der Waals surface area contributed by atoms with Gasteiger partial charge in [-0.1, -0.05) is 6.42 Å². The summed E-state index contributed by atoms with van der Waals surface area (Å²) in [4.78, 5) is 0. The molecule has 0 saturated heterocycles. The molecule has 0 aromatic carbocycles. The van der Waals surface area contributed by atoms with Crippen molar-refractivity contribution >= 4 is 0 Å². The van der Waals surface area contributed by atoms with E-state index in [1.807, 2.05) is 0 Å². The van der Waals surface area contributed by atoms with Gasteiger partial charge in [0.05, 0.1) is 6.61 Å². The fourth-order valence-corrected chi connectivity index (χ4v) is 3.34. The van der Waals surface area contributed by atoms with Crippen LogP contribution in [-0.2, 0) is 4.74 Å². The Kier molecular flexibility index (Phi) is 2.89. The van der Waals surface area contributed by atoms with Crippen LogP contribution < -0.4 is 5.73 Å². The number of hydrogen-bond acceptors (Lipinski definition) is 2. The number of rotatable bonds is 4. The van der Waals surface area contributed by atoms with Crippen LogP contribution in [0.25, 0.3) is 0 Å². The fourth-order valence-electron chi connectivity index (χ4n) is 3.34. The van der Waals surface area contributed by atoms with Crippen LogP contribution >= 0.6 is 0 Å². The Hall–Kier alpha value is -0.0800. The highest BCUT2D eigenvalue weighted by Crippen LogP contribution is 2.49. The van der Waals surface area contributed by atoms with Crippen molar-refractivity contribution in [2.45, 2.75) is 38.1 Å². The van der Waals surface area contributed by atoms with Crippen molar-refractivity contribution in [3.8, 4) is 0 Å². The first kappa shape index (κ1) is 9.47. The van der Waals surface area contributed by atoms with Crippen LogP contribution in [0.2, 0.25) is 0 Å². The van der Waals surface area contributed by atoms with Crippen LogP contribution in [0.3, 0.4) is 0 Å². The maximum atomic E-state index is 5.97. The highest BCUT2D eigenvalue weighted by atomic mass is 16.5. The van der Waals surface area contributed by atoms with Gasteiger partial charge in [-0.15, -0.1) is 0 Å². The quantitative estimate of drug-likeness (QED) is 0.721. The summed E-state index contributed by atoms with van der Waals surface area (Å²) in [6.07, 6.45) is 7.08. The van der Waals surface area contributed by atoms with E-state index in [4.69, 9.17) is 10.5 Å². The second-order valence-electron chi connectivity index (χ2n) is 4.89. The van der Waals surface area contributed by atoms with Crippen molar-refractivity contribution < 1.29 is 4.74 Å². The summed E-state index contributed by atoms with van der Waals surface area (Å²) in [5.74, 6) is 2.97. The number of ether oxygens (including phenoxy) is 1. The van der Waals surface area contributed by atoms with Gasteiger partial charge in [-0.3, -0.25) is 0 Å². The molecule has 4 unspecified atom stereocenters. The number of nitrogens with two attached hydrogens (primary N) is 1. The molecule has 0 radical (unpaired) electrons. The first-order chi connectivity index (χ1) is 6.29. The monoisotopic (exact) mass is 183 g/mol. The predicted molar refractivity (Wildman–Crippen MR) is 53.4 cm³/mol. The van der Waals surface area contributed by atoms with Crippen LogP contribution in [0.1, 0.15) is 32.1 Å². The second-order valence-corrected chi connectivity index (χ2v) is 4.89. The molecule has 0 aromatic rings. The van der Waals surface area contributed by atoms with Gasteiger partial charge in [-0.05, 0) is 43.4 Å². The van der Waals surface area contributed by atoms with Crippen molar-refractivity contribution in [3.63, 3.8) is 0 Å². The average molecular weight is 183 g/mol. The van der Waals surface area contributed by atoms with Gasteiger partial charge in [-0.2, -0.15) is 0 Å². The van der Waals surface area contributed by atoms with E-state index in [0.29, 0.717) is 0 Å². The Morgan fingerprint density at radius 2 is 2.23 bits per heavy atom. The molecule has 4 atom stereocenters. The summed E-state index contributed by atoms with van der Waals surface area (Å²) < 4.78 is 5.07. The maximum Gasteiger partial charge on any atom is 0.0613 e. The van der Waals surface area contributed by atoms with Gasteiger partial charge in [0.25, 0.3) is 0 Å². The molecule has 2 saturated carbocycles. The SMILES string of the molecule is COCC(N)CC1CC2CCC1C2. The smallest absolute Gasteiger partial charge is 0.0613 e. The highest BCUT2D eigenvalue weighted by Gasteiger charge is 2.39. The van der Waals surface area contributed by atoms with Crippen LogP contribution in [0.4, 0.5) is 0 Å². The number of hydrogen-bond donors (Lipinski definition) is 1. The minimum Gasteiger partial charge on any atom is -0.383 e. The summed E-state index contributed by atoms with van der Waals surface area (Å²) in [5.41, 5.74) is 5.97. The first-order valence-electron chi connectivity index (χ1n) is 5.54. The zero-order valence-electron chi connectivity index (χ0n) is 8.54. The van der Waals surface area contributed by atoms with Gasteiger partial charge < -0.3 is 10.5 Å². The first-order valence-corrected chi connectivity index (χ1v) is 5.54. The van der Waals surface area contributed by atoms with Crippen molar-refractivity contribution in [1.29, 1.82) is 0 Å². The van der Waals surface area contributed by atoms with Gasteiger partial charge in [0.1, 0.15) is 0 Å².